The average molecular weight is 381 g/mol. The number of hydrogen-bond acceptors (Lipinski definition) is 2. The Morgan fingerprint density at radius 3 is 2.55 bits per heavy atom. The molecule has 3 aromatic carbocycles. The van der Waals surface area contributed by atoms with Crippen LogP contribution >= 0.6 is 0 Å². The van der Waals surface area contributed by atoms with Crippen molar-refractivity contribution >= 4 is 28.2 Å². The van der Waals surface area contributed by atoms with Gasteiger partial charge in [-0.2, -0.15) is 0 Å². The van der Waals surface area contributed by atoms with E-state index >= 15 is 0 Å². The highest BCUT2D eigenvalue weighted by Crippen LogP contribution is 2.44. The van der Waals surface area contributed by atoms with E-state index < -0.39 is 0 Å². The Morgan fingerprint density at radius 2 is 1.69 bits per heavy atom. The number of hydrogen-bond donors (Lipinski definition) is 0. The third kappa shape index (κ3) is 2.98. The Morgan fingerprint density at radius 1 is 0.897 bits per heavy atom. The average Bonchev–Trinajstić information content (AvgIpc) is 2.73. The lowest BCUT2D eigenvalue weighted by atomic mass is 9.77. The van der Waals surface area contributed by atoms with Crippen LogP contribution in [0.5, 0.6) is 0 Å². The third-order valence-corrected chi connectivity index (χ3v) is 6.13. The van der Waals surface area contributed by atoms with E-state index in [0.717, 1.165) is 51.7 Å². The second kappa shape index (κ2) is 7.00. The van der Waals surface area contributed by atoms with E-state index in [1.165, 1.54) is 0 Å². The van der Waals surface area contributed by atoms with Crippen molar-refractivity contribution in [3.8, 4) is 0 Å². The highest BCUT2D eigenvalue weighted by Gasteiger charge is 2.40. The van der Waals surface area contributed by atoms with Crippen LogP contribution < -0.4 is 4.90 Å². The molecule has 0 N–H and O–H groups in total. The fourth-order valence-electron chi connectivity index (χ4n) is 4.85. The van der Waals surface area contributed by atoms with Gasteiger partial charge in [0, 0.05) is 35.4 Å². The molecule has 0 radical (unpaired) electrons. The Labute approximate surface area is 170 Å². The molecule has 1 amide bonds. The van der Waals surface area contributed by atoms with Crippen LogP contribution in [0, 0.1) is 6.92 Å². The van der Waals surface area contributed by atoms with Crippen LogP contribution in [0.4, 0.5) is 5.69 Å². The topological polar surface area (TPSA) is 37.4 Å². The molecule has 3 heteroatoms. The minimum absolute atomic E-state index is 0.0707. The van der Waals surface area contributed by atoms with Gasteiger partial charge in [-0.3, -0.25) is 14.5 Å². The lowest BCUT2D eigenvalue weighted by molar-refractivity contribution is -0.119. The van der Waals surface area contributed by atoms with Crippen molar-refractivity contribution < 1.29 is 9.59 Å². The fourth-order valence-corrected chi connectivity index (χ4v) is 4.85. The molecule has 0 saturated heterocycles. The van der Waals surface area contributed by atoms with Crippen LogP contribution in [0.25, 0.3) is 10.8 Å². The number of rotatable bonds is 2. The summed E-state index contributed by atoms with van der Waals surface area (Å²) in [4.78, 5) is 28.3. The maximum absolute atomic E-state index is 13.4. The van der Waals surface area contributed by atoms with Crippen molar-refractivity contribution in [2.75, 3.05) is 4.90 Å². The number of fused-ring (bicyclic) bond motifs is 1. The molecule has 5 rings (SSSR count). The van der Waals surface area contributed by atoms with Crippen molar-refractivity contribution in [3.05, 3.63) is 89.1 Å². The number of allylic oxidation sites excluding steroid dienone is 2. The van der Waals surface area contributed by atoms with Crippen LogP contribution in [0.15, 0.2) is 78.0 Å². The zero-order valence-electron chi connectivity index (χ0n) is 16.5. The number of ketones is 1. The molecule has 1 unspecified atom stereocenters. The predicted molar refractivity (Wildman–Crippen MR) is 116 cm³/mol. The summed E-state index contributed by atoms with van der Waals surface area (Å²) >= 11 is 0. The molecular formula is C26H23NO2. The molecular weight excluding hydrogens is 358 g/mol. The van der Waals surface area contributed by atoms with E-state index in [2.05, 4.69) is 37.3 Å². The zero-order chi connectivity index (χ0) is 20.0. The molecule has 0 aromatic heterocycles. The van der Waals surface area contributed by atoms with E-state index in [1.807, 2.05) is 41.3 Å². The van der Waals surface area contributed by atoms with Gasteiger partial charge in [-0.05, 0) is 36.8 Å². The summed E-state index contributed by atoms with van der Waals surface area (Å²) in [7, 11) is 0. The summed E-state index contributed by atoms with van der Waals surface area (Å²) < 4.78 is 0. The molecule has 1 atom stereocenters. The zero-order valence-corrected chi connectivity index (χ0v) is 16.5. The number of aryl methyl sites for hydroxylation is 1. The van der Waals surface area contributed by atoms with Gasteiger partial charge in [0.2, 0.25) is 5.91 Å². The van der Waals surface area contributed by atoms with Gasteiger partial charge in [-0.1, -0.05) is 66.2 Å². The lowest BCUT2D eigenvalue weighted by Gasteiger charge is -2.38. The first-order valence-electron chi connectivity index (χ1n) is 10.3. The molecule has 0 spiro atoms. The molecule has 144 valence electrons. The lowest BCUT2D eigenvalue weighted by Crippen LogP contribution is -2.40. The van der Waals surface area contributed by atoms with E-state index in [1.54, 1.807) is 0 Å². The molecule has 3 aromatic rings. The number of benzene rings is 3. The van der Waals surface area contributed by atoms with Crippen molar-refractivity contribution in [1.29, 1.82) is 0 Å². The molecule has 29 heavy (non-hydrogen) atoms. The van der Waals surface area contributed by atoms with Gasteiger partial charge in [0.25, 0.3) is 0 Å². The van der Waals surface area contributed by atoms with Crippen molar-refractivity contribution in [3.63, 3.8) is 0 Å². The van der Waals surface area contributed by atoms with Crippen LogP contribution in [-0.2, 0) is 9.59 Å². The summed E-state index contributed by atoms with van der Waals surface area (Å²) in [5.74, 6) is 0.119. The summed E-state index contributed by atoms with van der Waals surface area (Å²) in [6.07, 6.45) is 2.46. The first-order valence-corrected chi connectivity index (χ1v) is 10.3. The van der Waals surface area contributed by atoms with Gasteiger partial charge in [0.1, 0.15) is 0 Å². The van der Waals surface area contributed by atoms with Gasteiger partial charge in [-0.15, -0.1) is 0 Å². The Hall–Kier alpha value is -3.20. The van der Waals surface area contributed by atoms with E-state index in [4.69, 9.17) is 0 Å². The molecule has 1 aliphatic carbocycles. The SMILES string of the molecule is Cc1cccc(C2CC(=O)N(c3cccc4ccccc34)C3=C2C(=O)CCC3)c1. The molecule has 1 heterocycles. The van der Waals surface area contributed by atoms with E-state index in [0.29, 0.717) is 12.8 Å². The third-order valence-electron chi connectivity index (χ3n) is 6.13. The Balaban J connectivity index is 1.72. The molecule has 0 bridgehead atoms. The molecule has 0 fully saturated rings. The van der Waals surface area contributed by atoms with Crippen molar-refractivity contribution in [1.82, 2.24) is 0 Å². The minimum atomic E-state index is -0.142. The highest BCUT2D eigenvalue weighted by atomic mass is 16.2. The van der Waals surface area contributed by atoms with Crippen molar-refractivity contribution in [2.24, 2.45) is 0 Å². The number of carbonyl (C=O) groups is 2. The number of nitrogens with zero attached hydrogens (tertiary/aromatic N) is 1. The van der Waals surface area contributed by atoms with E-state index in [9.17, 15) is 9.59 Å². The monoisotopic (exact) mass is 381 g/mol. The standard InChI is InChI=1S/C26H23NO2/c1-17-7-4-10-19(15-17)21-16-25(29)27(23-13-6-14-24(28)26(21)23)22-12-5-9-18-8-2-3-11-20(18)22/h2-5,7-12,15,21H,6,13-14,16H2,1H3. The van der Waals surface area contributed by atoms with Gasteiger partial charge in [-0.25, -0.2) is 0 Å². The van der Waals surface area contributed by atoms with Gasteiger partial charge in [0.15, 0.2) is 5.78 Å². The number of anilines is 1. The van der Waals surface area contributed by atoms with Crippen LogP contribution in [-0.4, -0.2) is 11.7 Å². The summed E-state index contributed by atoms with van der Waals surface area (Å²) in [6.45, 7) is 2.05. The maximum atomic E-state index is 13.4. The second-order valence-electron chi connectivity index (χ2n) is 8.04. The minimum Gasteiger partial charge on any atom is -0.294 e. The Kier molecular flexibility index (Phi) is 4.31. The summed E-state index contributed by atoms with van der Waals surface area (Å²) in [6, 6.07) is 22.4. The summed E-state index contributed by atoms with van der Waals surface area (Å²) in [5.41, 5.74) is 4.85. The fraction of sp³-hybridized carbons (Fsp3) is 0.231. The number of carbonyl (C=O) groups excluding carboxylic acids is 2. The Bertz CT molecular complexity index is 1170. The smallest absolute Gasteiger partial charge is 0.232 e. The number of amides is 1. The van der Waals surface area contributed by atoms with Crippen LogP contribution in [0.1, 0.15) is 42.7 Å². The van der Waals surface area contributed by atoms with Gasteiger partial charge >= 0.3 is 0 Å². The first-order chi connectivity index (χ1) is 14.1. The normalized spacial score (nSPS) is 19.6. The highest BCUT2D eigenvalue weighted by molar-refractivity contribution is 6.11. The molecule has 2 aliphatic rings. The quantitative estimate of drug-likeness (QED) is 0.573. The molecule has 0 saturated carbocycles. The largest absolute Gasteiger partial charge is 0.294 e. The van der Waals surface area contributed by atoms with E-state index in [-0.39, 0.29) is 17.6 Å². The van der Waals surface area contributed by atoms with Gasteiger partial charge in [0.05, 0.1) is 5.69 Å². The maximum Gasteiger partial charge on any atom is 0.232 e. The summed E-state index contributed by atoms with van der Waals surface area (Å²) in [5, 5.41) is 2.14. The van der Waals surface area contributed by atoms with Crippen LogP contribution in [0.3, 0.4) is 0 Å². The molecule has 3 nitrogen and oxygen atoms in total. The second-order valence-corrected chi connectivity index (χ2v) is 8.04. The molecule has 1 aliphatic heterocycles. The predicted octanol–water partition coefficient (Wildman–Crippen LogP) is 5.68. The first kappa shape index (κ1) is 17.9. The van der Waals surface area contributed by atoms with Crippen molar-refractivity contribution in [2.45, 2.75) is 38.5 Å². The number of Topliss-reactive ketones (excluding diaryl/α,β-unsaturated/α-hetero) is 1. The van der Waals surface area contributed by atoms with Crippen LogP contribution in [0.2, 0.25) is 0 Å². The van der Waals surface area contributed by atoms with Gasteiger partial charge < -0.3 is 0 Å².